The van der Waals surface area contributed by atoms with E-state index in [4.69, 9.17) is 4.52 Å². The van der Waals surface area contributed by atoms with E-state index in [2.05, 4.69) is 15.1 Å². The lowest BCUT2D eigenvalue weighted by Gasteiger charge is -2.29. The van der Waals surface area contributed by atoms with Crippen molar-refractivity contribution in [1.82, 2.24) is 15.0 Å². The third kappa shape index (κ3) is 3.44. The van der Waals surface area contributed by atoms with Crippen LogP contribution in [0.4, 0.5) is 0 Å². The number of rotatable bonds is 4. The maximum Gasteiger partial charge on any atom is 0.240 e. The van der Waals surface area contributed by atoms with Crippen molar-refractivity contribution in [2.75, 3.05) is 13.6 Å². The molecule has 1 aliphatic rings. The zero-order valence-corrected chi connectivity index (χ0v) is 15.0. The summed E-state index contributed by atoms with van der Waals surface area (Å²) >= 11 is 1.99. The van der Waals surface area contributed by atoms with Gasteiger partial charge in [-0.05, 0) is 25.7 Å². The van der Waals surface area contributed by atoms with E-state index in [0.29, 0.717) is 9.72 Å². The lowest BCUT2D eigenvalue weighted by molar-refractivity contribution is -0.134. The Morgan fingerprint density at radius 3 is 2.76 bits per heavy atom. The zero-order valence-electron chi connectivity index (χ0n) is 12.8. The predicted molar refractivity (Wildman–Crippen MR) is 88.4 cm³/mol. The van der Waals surface area contributed by atoms with E-state index in [-0.39, 0.29) is 23.8 Å². The van der Waals surface area contributed by atoms with Crippen LogP contribution in [0, 0.1) is 9.75 Å². The average molecular weight is 404 g/mol. The summed E-state index contributed by atoms with van der Waals surface area (Å²) in [6.07, 6.45) is 1.98. The fraction of sp³-hybridized carbons (Fsp3) is 0.714. The Bertz CT molecular complexity index is 541. The summed E-state index contributed by atoms with van der Waals surface area (Å²) in [5.41, 5.74) is 1.00. The molecule has 116 valence electrons. The van der Waals surface area contributed by atoms with Crippen LogP contribution in [0.2, 0.25) is 0 Å². The van der Waals surface area contributed by atoms with Crippen molar-refractivity contribution >= 4 is 34.2 Å². The van der Waals surface area contributed by atoms with E-state index in [1.54, 1.807) is 7.05 Å². The molecule has 2 rings (SSSR count). The fourth-order valence-electron chi connectivity index (χ4n) is 2.81. The molecule has 0 saturated carbocycles. The molecule has 0 N–H and O–H groups in total. The van der Waals surface area contributed by atoms with Gasteiger partial charge in [-0.2, -0.15) is 4.98 Å². The highest BCUT2D eigenvalue weighted by Gasteiger charge is 2.38. The fourth-order valence-corrected chi connectivity index (χ4v) is 3.15. The Balaban J connectivity index is 2.26. The number of carbonyl (C=O) groups is 1. The highest BCUT2D eigenvalue weighted by atomic mass is 127. The molecule has 1 aromatic heterocycles. The Morgan fingerprint density at radius 2 is 2.24 bits per heavy atom. The van der Waals surface area contributed by atoms with Crippen molar-refractivity contribution < 1.29 is 9.32 Å². The molecule has 0 radical (unpaired) electrons. The van der Waals surface area contributed by atoms with Gasteiger partial charge >= 0.3 is 0 Å². The first-order valence-corrected chi connectivity index (χ1v) is 8.26. The second-order valence-electron chi connectivity index (χ2n) is 5.68. The number of hydrogen-bond donors (Lipinski definition) is 0. The summed E-state index contributed by atoms with van der Waals surface area (Å²) in [5, 5.41) is 3.81. The van der Waals surface area contributed by atoms with Crippen LogP contribution in [0.1, 0.15) is 45.4 Å². The van der Waals surface area contributed by atoms with E-state index in [0.717, 1.165) is 25.1 Å². The van der Waals surface area contributed by atoms with Gasteiger partial charge in [0.2, 0.25) is 15.6 Å². The van der Waals surface area contributed by atoms with Gasteiger partial charge in [-0.15, -0.1) is 0 Å². The molecule has 2 heterocycles. The first kappa shape index (κ1) is 16.4. The van der Waals surface area contributed by atoms with Gasteiger partial charge in [0.15, 0.2) is 0 Å². The van der Waals surface area contributed by atoms with Gasteiger partial charge in [-0.3, -0.25) is 9.79 Å². The number of likely N-dealkylation sites (tertiary alicyclic amines) is 1. The topological polar surface area (TPSA) is 71.6 Å². The van der Waals surface area contributed by atoms with Crippen molar-refractivity contribution in [1.29, 1.82) is 0 Å². The van der Waals surface area contributed by atoms with E-state index < -0.39 is 0 Å². The molecular formula is C14H21IN4O2. The third-order valence-electron chi connectivity index (χ3n) is 3.99. The monoisotopic (exact) mass is 404 g/mol. The SMILES string of the molecule is CN=C(C)C1CCCN1C(=O)C(c1nc(I)no1)C(C)C. The van der Waals surface area contributed by atoms with E-state index in [1.807, 2.05) is 48.3 Å². The van der Waals surface area contributed by atoms with Gasteiger partial charge in [0.25, 0.3) is 0 Å². The molecule has 0 aromatic carbocycles. The number of hydrogen-bond acceptors (Lipinski definition) is 5. The highest BCUT2D eigenvalue weighted by molar-refractivity contribution is 14.1. The maximum absolute atomic E-state index is 13.0. The minimum atomic E-state index is -0.383. The maximum atomic E-state index is 13.0. The molecule has 0 aliphatic carbocycles. The van der Waals surface area contributed by atoms with Crippen LogP contribution in [0.3, 0.4) is 0 Å². The van der Waals surface area contributed by atoms with E-state index >= 15 is 0 Å². The molecule has 1 fully saturated rings. The summed E-state index contributed by atoms with van der Waals surface area (Å²) in [6.45, 7) is 6.76. The molecule has 7 heteroatoms. The number of nitrogens with zero attached hydrogens (tertiary/aromatic N) is 4. The van der Waals surface area contributed by atoms with Crippen molar-refractivity contribution in [2.45, 2.75) is 45.6 Å². The molecule has 1 amide bonds. The standard InChI is InChI=1S/C14H21IN4O2/c1-8(2)11(12-17-14(15)18-21-12)13(20)19-7-5-6-10(19)9(3)16-4/h8,10-11H,5-7H2,1-4H3. The number of amides is 1. The van der Waals surface area contributed by atoms with Gasteiger partial charge in [0, 0.05) is 41.9 Å². The first-order valence-electron chi connectivity index (χ1n) is 7.18. The highest BCUT2D eigenvalue weighted by Crippen LogP contribution is 2.30. The van der Waals surface area contributed by atoms with E-state index in [9.17, 15) is 4.79 Å². The Morgan fingerprint density at radius 1 is 1.52 bits per heavy atom. The Labute approximate surface area is 138 Å². The predicted octanol–water partition coefficient (Wildman–Crippen LogP) is 2.50. The molecule has 6 nitrogen and oxygen atoms in total. The molecule has 21 heavy (non-hydrogen) atoms. The van der Waals surface area contributed by atoms with Crippen LogP contribution in [-0.2, 0) is 4.79 Å². The molecule has 0 bridgehead atoms. The summed E-state index contributed by atoms with van der Waals surface area (Å²) in [4.78, 5) is 23.4. The van der Waals surface area contributed by atoms with Gasteiger partial charge in [-0.25, -0.2) is 0 Å². The number of halogens is 1. The molecule has 1 aliphatic heterocycles. The van der Waals surface area contributed by atoms with Crippen LogP contribution >= 0.6 is 22.6 Å². The van der Waals surface area contributed by atoms with Crippen LogP contribution in [0.25, 0.3) is 0 Å². The second-order valence-corrected chi connectivity index (χ2v) is 6.64. The minimum absolute atomic E-state index is 0.0653. The third-order valence-corrected chi connectivity index (χ3v) is 4.42. The summed E-state index contributed by atoms with van der Waals surface area (Å²) < 4.78 is 5.78. The molecule has 0 spiro atoms. The average Bonchev–Trinajstić information content (AvgIpc) is 3.06. The zero-order chi connectivity index (χ0) is 15.6. The molecule has 2 atom stereocenters. The van der Waals surface area contributed by atoms with Crippen molar-refractivity contribution in [3.8, 4) is 0 Å². The second kappa shape index (κ2) is 6.85. The smallest absolute Gasteiger partial charge is 0.240 e. The van der Waals surface area contributed by atoms with Gasteiger partial charge in [0.05, 0.1) is 6.04 Å². The Kier molecular flexibility index (Phi) is 5.34. The van der Waals surface area contributed by atoms with Crippen LogP contribution in [-0.4, -0.2) is 46.3 Å². The van der Waals surface area contributed by atoms with Gasteiger partial charge in [-0.1, -0.05) is 19.0 Å². The first-order chi connectivity index (χ1) is 9.95. The molecule has 2 unspecified atom stereocenters. The summed E-state index contributed by atoms with van der Waals surface area (Å²) in [6, 6.07) is 0.103. The van der Waals surface area contributed by atoms with Gasteiger partial charge < -0.3 is 9.42 Å². The van der Waals surface area contributed by atoms with Crippen LogP contribution < -0.4 is 0 Å². The summed E-state index contributed by atoms with van der Waals surface area (Å²) in [5.74, 6) is 0.201. The van der Waals surface area contributed by atoms with Crippen molar-refractivity contribution in [3.63, 3.8) is 0 Å². The Hall–Kier alpha value is -0.990. The quantitative estimate of drug-likeness (QED) is 0.571. The van der Waals surface area contributed by atoms with E-state index in [1.165, 1.54) is 0 Å². The molecule has 1 saturated heterocycles. The number of aliphatic imine (C=N–C) groups is 1. The van der Waals surface area contributed by atoms with Crippen molar-refractivity contribution in [3.05, 3.63) is 9.72 Å². The lowest BCUT2D eigenvalue weighted by Crippen LogP contribution is -2.43. The summed E-state index contributed by atoms with van der Waals surface area (Å²) in [7, 11) is 1.77. The normalized spacial score (nSPS) is 21.1. The van der Waals surface area contributed by atoms with Gasteiger partial charge in [0.1, 0.15) is 5.92 Å². The van der Waals surface area contributed by atoms with Crippen LogP contribution in [0.15, 0.2) is 9.52 Å². The lowest BCUT2D eigenvalue weighted by atomic mass is 9.93. The largest absolute Gasteiger partial charge is 0.338 e. The minimum Gasteiger partial charge on any atom is -0.338 e. The molecule has 1 aromatic rings. The number of aromatic nitrogens is 2. The van der Waals surface area contributed by atoms with Crippen molar-refractivity contribution in [2.24, 2.45) is 10.9 Å². The number of carbonyl (C=O) groups excluding carboxylic acids is 1. The van der Waals surface area contributed by atoms with Crippen LogP contribution in [0.5, 0.6) is 0 Å². The molecular weight excluding hydrogens is 383 g/mol.